The maximum atomic E-state index is 12.9. The van der Waals surface area contributed by atoms with Crippen LogP contribution in [-0.2, 0) is 11.2 Å². The topological polar surface area (TPSA) is 41.1 Å². The van der Waals surface area contributed by atoms with E-state index in [4.69, 9.17) is 11.6 Å². The number of carbonyl (C=O) groups excluding carboxylic acids is 1. The molecule has 1 saturated heterocycles. The molecule has 0 saturated carbocycles. The molecule has 1 amide bonds. The fourth-order valence-corrected chi connectivity index (χ4v) is 2.71. The van der Waals surface area contributed by atoms with Crippen LogP contribution < -0.4 is 10.6 Å². The van der Waals surface area contributed by atoms with Gasteiger partial charge >= 0.3 is 0 Å². The fourth-order valence-electron chi connectivity index (χ4n) is 2.45. The number of benzene rings is 1. The summed E-state index contributed by atoms with van der Waals surface area (Å²) < 4.78 is 12.9. The minimum Gasteiger partial charge on any atom is -0.356 e. The summed E-state index contributed by atoms with van der Waals surface area (Å²) in [5.74, 6) is 0.371. The van der Waals surface area contributed by atoms with Crippen molar-refractivity contribution in [2.24, 2.45) is 5.92 Å². The summed E-state index contributed by atoms with van der Waals surface area (Å²) >= 11 is 5.93. The van der Waals surface area contributed by atoms with E-state index in [2.05, 4.69) is 10.6 Å². The van der Waals surface area contributed by atoms with Gasteiger partial charge in [0.15, 0.2) is 0 Å². The van der Waals surface area contributed by atoms with Gasteiger partial charge in [0.25, 0.3) is 0 Å². The molecule has 5 heteroatoms. The number of hydrogen-bond acceptors (Lipinski definition) is 2. The summed E-state index contributed by atoms with van der Waals surface area (Å²) in [4.78, 5) is 11.7. The molecule has 1 aliphatic heterocycles. The van der Waals surface area contributed by atoms with E-state index >= 15 is 0 Å². The zero-order chi connectivity index (χ0) is 14.4. The van der Waals surface area contributed by atoms with Gasteiger partial charge in [-0.25, -0.2) is 4.39 Å². The fraction of sp³-hybridized carbons (Fsp3) is 0.533. The van der Waals surface area contributed by atoms with Gasteiger partial charge in [-0.05, 0) is 56.0 Å². The minimum atomic E-state index is -0.340. The molecule has 0 aliphatic carbocycles. The van der Waals surface area contributed by atoms with Crippen molar-refractivity contribution in [2.45, 2.75) is 25.7 Å². The molecule has 1 aliphatic rings. The van der Waals surface area contributed by atoms with Crippen LogP contribution in [0.5, 0.6) is 0 Å². The third-order valence-corrected chi connectivity index (χ3v) is 4.03. The van der Waals surface area contributed by atoms with Crippen LogP contribution in [0.2, 0.25) is 5.02 Å². The van der Waals surface area contributed by atoms with E-state index in [-0.39, 0.29) is 11.7 Å². The van der Waals surface area contributed by atoms with E-state index in [9.17, 15) is 9.18 Å². The average Bonchev–Trinajstić information content (AvgIpc) is 2.92. The molecule has 0 bridgehead atoms. The van der Waals surface area contributed by atoms with E-state index in [1.807, 2.05) is 0 Å². The number of rotatable bonds is 6. The highest BCUT2D eigenvalue weighted by molar-refractivity contribution is 6.31. The van der Waals surface area contributed by atoms with Gasteiger partial charge < -0.3 is 10.6 Å². The smallest absolute Gasteiger partial charge is 0.220 e. The molecule has 1 unspecified atom stereocenters. The standard InChI is InChI=1S/C15H20ClFN2O/c16-14-9-13(17)3-2-12(14)6-8-19-15(20)4-1-11-5-7-18-10-11/h2-3,9,11,18H,1,4-8,10H2,(H,19,20). The molecule has 0 aromatic heterocycles. The van der Waals surface area contributed by atoms with Crippen LogP contribution in [0.15, 0.2) is 18.2 Å². The van der Waals surface area contributed by atoms with Crippen LogP contribution in [0.3, 0.4) is 0 Å². The highest BCUT2D eigenvalue weighted by Crippen LogP contribution is 2.17. The predicted octanol–water partition coefficient (Wildman–Crippen LogP) is 2.53. The van der Waals surface area contributed by atoms with Gasteiger partial charge in [-0.1, -0.05) is 17.7 Å². The lowest BCUT2D eigenvalue weighted by atomic mass is 10.0. The van der Waals surface area contributed by atoms with Crippen molar-refractivity contribution in [3.63, 3.8) is 0 Å². The first-order valence-electron chi connectivity index (χ1n) is 7.06. The summed E-state index contributed by atoms with van der Waals surface area (Å²) in [6.07, 6.45) is 3.30. The Morgan fingerprint density at radius 1 is 1.50 bits per heavy atom. The lowest BCUT2D eigenvalue weighted by molar-refractivity contribution is -0.121. The van der Waals surface area contributed by atoms with Gasteiger partial charge in [-0.15, -0.1) is 0 Å². The summed E-state index contributed by atoms with van der Waals surface area (Å²) in [6.45, 7) is 2.63. The zero-order valence-electron chi connectivity index (χ0n) is 11.4. The first kappa shape index (κ1) is 15.3. The van der Waals surface area contributed by atoms with Crippen molar-refractivity contribution < 1.29 is 9.18 Å². The molecule has 3 nitrogen and oxygen atoms in total. The Bertz CT molecular complexity index is 461. The Balaban J connectivity index is 1.65. The maximum Gasteiger partial charge on any atom is 0.220 e. The second-order valence-corrected chi connectivity index (χ2v) is 5.64. The number of nitrogens with one attached hydrogen (secondary N) is 2. The second kappa shape index (κ2) is 7.60. The lowest BCUT2D eigenvalue weighted by Crippen LogP contribution is -2.26. The highest BCUT2D eigenvalue weighted by atomic mass is 35.5. The van der Waals surface area contributed by atoms with Crippen molar-refractivity contribution in [3.8, 4) is 0 Å². The minimum absolute atomic E-state index is 0.0788. The van der Waals surface area contributed by atoms with Crippen molar-refractivity contribution in [1.29, 1.82) is 0 Å². The average molecular weight is 299 g/mol. The van der Waals surface area contributed by atoms with Crippen molar-refractivity contribution in [2.75, 3.05) is 19.6 Å². The molecule has 1 atom stereocenters. The SMILES string of the molecule is O=C(CCC1CCNC1)NCCc1ccc(F)cc1Cl. The molecule has 1 fully saturated rings. The molecule has 110 valence electrons. The monoisotopic (exact) mass is 298 g/mol. The van der Waals surface area contributed by atoms with E-state index in [1.165, 1.54) is 18.6 Å². The van der Waals surface area contributed by atoms with Gasteiger partial charge in [-0.3, -0.25) is 4.79 Å². The maximum absolute atomic E-state index is 12.9. The van der Waals surface area contributed by atoms with Crippen LogP contribution in [0.1, 0.15) is 24.8 Å². The predicted molar refractivity (Wildman–Crippen MR) is 78.3 cm³/mol. The Morgan fingerprint density at radius 3 is 3.05 bits per heavy atom. The van der Waals surface area contributed by atoms with E-state index in [0.717, 1.165) is 25.1 Å². The van der Waals surface area contributed by atoms with E-state index < -0.39 is 0 Å². The zero-order valence-corrected chi connectivity index (χ0v) is 12.2. The molecule has 0 spiro atoms. The first-order valence-corrected chi connectivity index (χ1v) is 7.44. The summed E-state index contributed by atoms with van der Waals surface area (Å²) in [5, 5.41) is 6.59. The molecular weight excluding hydrogens is 279 g/mol. The molecule has 1 aromatic carbocycles. The number of carbonyl (C=O) groups is 1. The first-order chi connectivity index (χ1) is 9.65. The normalized spacial score (nSPS) is 18.2. The Kier molecular flexibility index (Phi) is 5.80. The van der Waals surface area contributed by atoms with Gasteiger partial charge in [0, 0.05) is 18.0 Å². The summed E-state index contributed by atoms with van der Waals surface area (Å²) in [5.41, 5.74) is 0.855. The van der Waals surface area contributed by atoms with Gasteiger partial charge in [0.05, 0.1) is 0 Å². The lowest BCUT2D eigenvalue weighted by Gasteiger charge is -2.09. The quantitative estimate of drug-likeness (QED) is 0.847. The van der Waals surface area contributed by atoms with Crippen LogP contribution >= 0.6 is 11.6 Å². The second-order valence-electron chi connectivity index (χ2n) is 5.23. The highest BCUT2D eigenvalue weighted by Gasteiger charge is 2.15. The van der Waals surface area contributed by atoms with Gasteiger partial charge in [0.2, 0.25) is 5.91 Å². The van der Waals surface area contributed by atoms with Crippen LogP contribution in [0, 0.1) is 11.7 Å². The number of amides is 1. The summed E-state index contributed by atoms with van der Waals surface area (Å²) in [6, 6.07) is 4.34. The third kappa shape index (κ3) is 4.76. The van der Waals surface area contributed by atoms with Crippen molar-refractivity contribution in [1.82, 2.24) is 10.6 Å². The molecule has 2 rings (SSSR count). The van der Waals surface area contributed by atoms with Crippen LogP contribution in [-0.4, -0.2) is 25.5 Å². The van der Waals surface area contributed by atoms with Crippen LogP contribution in [0.25, 0.3) is 0 Å². The Morgan fingerprint density at radius 2 is 2.35 bits per heavy atom. The van der Waals surface area contributed by atoms with E-state index in [0.29, 0.717) is 30.3 Å². The molecule has 2 N–H and O–H groups in total. The van der Waals surface area contributed by atoms with Gasteiger partial charge in [-0.2, -0.15) is 0 Å². The largest absolute Gasteiger partial charge is 0.356 e. The van der Waals surface area contributed by atoms with E-state index in [1.54, 1.807) is 6.07 Å². The molecule has 0 radical (unpaired) electrons. The molecule has 20 heavy (non-hydrogen) atoms. The van der Waals surface area contributed by atoms with Crippen LogP contribution in [0.4, 0.5) is 4.39 Å². The summed E-state index contributed by atoms with van der Waals surface area (Å²) in [7, 11) is 0. The third-order valence-electron chi connectivity index (χ3n) is 3.67. The van der Waals surface area contributed by atoms with Crippen molar-refractivity contribution >= 4 is 17.5 Å². The molecular formula is C15H20ClFN2O. The van der Waals surface area contributed by atoms with Gasteiger partial charge in [0.1, 0.15) is 5.82 Å². The molecule has 1 heterocycles. The number of hydrogen-bond donors (Lipinski definition) is 2. The molecule has 1 aromatic rings. The number of halogens is 2. The van der Waals surface area contributed by atoms with Crippen molar-refractivity contribution in [3.05, 3.63) is 34.6 Å². The Labute approximate surface area is 123 Å². The Hall–Kier alpha value is -1.13.